The number of hydrogen-bond acceptors (Lipinski definition) is 2. The molecule has 1 rings (SSSR count). The van der Waals surface area contributed by atoms with E-state index in [2.05, 4.69) is 6.92 Å². The summed E-state index contributed by atoms with van der Waals surface area (Å²) in [4.78, 5) is 11.1. The molecule has 1 saturated heterocycles. The standard InChI is InChI=1S/C20H36O3/c1-3-4-5-10-13-18-14-11-8-6-7-9-12-15-19(23-18)16-17(2)20(21)22/h16,18-19H,3-15H2,1-2H3,(H,21,22). The zero-order valence-corrected chi connectivity index (χ0v) is 15.2. The molecule has 0 aromatic rings. The second-order valence-corrected chi connectivity index (χ2v) is 7.00. The third-order valence-electron chi connectivity index (χ3n) is 4.78. The Kier molecular flexibility index (Phi) is 11.1. The molecule has 0 aromatic carbocycles. The highest BCUT2D eigenvalue weighted by Gasteiger charge is 2.17. The molecule has 0 radical (unpaired) electrons. The highest BCUT2D eigenvalue weighted by Crippen LogP contribution is 2.22. The number of hydrogen-bond donors (Lipinski definition) is 1. The number of ether oxygens (including phenoxy) is 1. The molecule has 1 fully saturated rings. The van der Waals surface area contributed by atoms with E-state index < -0.39 is 5.97 Å². The zero-order valence-electron chi connectivity index (χ0n) is 15.2. The molecular formula is C20H36O3. The van der Waals surface area contributed by atoms with Crippen molar-refractivity contribution in [1.29, 1.82) is 0 Å². The molecule has 0 aromatic heterocycles. The number of unbranched alkanes of at least 4 members (excludes halogenated alkanes) is 3. The molecule has 1 aliphatic heterocycles. The van der Waals surface area contributed by atoms with Crippen molar-refractivity contribution in [3.8, 4) is 0 Å². The van der Waals surface area contributed by atoms with Gasteiger partial charge in [0, 0.05) is 5.57 Å². The summed E-state index contributed by atoms with van der Waals surface area (Å²) in [7, 11) is 0. The maximum atomic E-state index is 11.1. The predicted molar refractivity (Wildman–Crippen MR) is 95.7 cm³/mol. The van der Waals surface area contributed by atoms with Crippen LogP contribution in [0.15, 0.2) is 11.6 Å². The number of carbonyl (C=O) groups is 1. The quantitative estimate of drug-likeness (QED) is 0.470. The van der Waals surface area contributed by atoms with Gasteiger partial charge in [-0.2, -0.15) is 0 Å². The van der Waals surface area contributed by atoms with Crippen molar-refractivity contribution in [2.75, 3.05) is 0 Å². The van der Waals surface area contributed by atoms with Crippen LogP contribution >= 0.6 is 0 Å². The van der Waals surface area contributed by atoms with E-state index in [9.17, 15) is 4.79 Å². The van der Waals surface area contributed by atoms with Crippen LogP contribution in [0.25, 0.3) is 0 Å². The van der Waals surface area contributed by atoms with Gasteiger partial charge in [-0.05, 0) is 32.3 Å². The highest BCUT2D eigenvalue weighted by molar-refractivity contribution is 5.85. The Morgan fingerprint density at radius 3 is 2.35 bits per heavy atom. The van der Waals surface area contributed by atoms with Crippen LogP contribution in [0.5, 0.6) is 0 Å². The Bertz CT molecular complexity index is 349. The van der Waals surface area contributed by atoms with Crippen molar-refractivity contribution in [1.82, 2.24) is 0 Å². The van der Waals surface area contributed by atoms with Gasteiger partial charge in [0.05, 0.1) is 12.2 Å². The van der Waals surface area contributed by atoms with Crippen molar-refractivity contribution in [2.45, 2.75) is 110 Å². The van der Waals surface area contributed by atoms with E-state index in [0.29, 0.717) is 11.7 Å². The predicted octanol–water partition coefficient (Wildman–Crippen LogP) is 5.88. The zero-order chi connectivity index (χ0) is 16.9. The molecular weight excluding hydrogens is 288 g/mol. The van der Waals surface area contributed by atoms with E-state index in [4.69, 9.17) is 9.84 Å². The van der Waals surface area contributed by atoms with Crippen LogP contribution < -0.4 is 0 Å². The van der Waals surface area contributed by atoms with Crippen LogP contribution in [-0.4, -0.2) is 23.3 Å². The second-order valence-electron chi connectivity index (χ2n) is 7.00. The molecule has 0 saturated carbocycles. The molecule has 1 aliphatic rings. The lowest BCUT2D eigenvalue weighted by atomic mass is 10.0. The molecule has 0 bridgehead atoms. The Morgan fingerprint density at radius 2 is 1.70 bits per heavy atom. The summed E-state index contributed by atoms with van der Waals surface area (Å²) in [5.41, 5.74) is 0.412. The normalized spacial score (nSPS) is 24.9. The highest BCUT2D eigenvalue weighted by atomic mass is 16.5. The van der Waals surface area contributed by atoms with Gasteiger partial charge in [-0.3, -0.25) is 0 Å². The van der Waals surface area contributed by atoms with Crippen molar-refractivity contribution in [3.63, 3.8) is 0 Å². The van der Waals surface area contributed by atoms with Gasteiger partial charge >= 0.3 is 5.97 Å². The van der Waals surface area contributed by atoms with Crippen molar-refractivity contribution < 1.29 is 14.6 Å². The molecule has 134 valence electrons. The summed E-state index contributed by atoms with van der Waals surface area (Å²) in [5.74, 6) is -0.831. The Balaban J connectivity index is 2.62. The van der Waals surface area contributed by atoms with Gasteiger partial charge in [0.1, 0.15) is 0 Å². The van der Waals surface area contributed by atoms with Crippen LogP contribution in [0.4, 0.5) is 0 Å². The average Bonchev–Trinajstić information content (AvgIpc) is 2.57. The first-order valence-corrected chi connectivity index (χ1v) is 9.70. The Labute approximate surface area is 142 Å². The Hall–Kier alpha value is -0.830. The second kappa shape index (κ2) is 12.6. The van der Waals surface area contributed by atoms with Crippen molar-refractivity contribution >= 4 is 5.97 Å². The number of carboxylic acids is 1. The third-order valence-corrected chi connectivity index (χ3v) is 4.78. The van der Waals surface area contributed by atoms with Gasteiger partial charge in [0.15, 0.2) is 0 Å². The average molecular weight is 325 g/mol. The minimum Gasteiger partial charge on any atom is -0.478 e. The fraction of sp³-hybridized carbons (Fsp3) is 0.850. The van der Waals surface area contributed by atoms with Gasteiger partial charge in [0.25, 0.3) is 0 Å². The number of aliphatic carboxylic acids is 1. The van der Waals surface area contributed by atoms with Gasteiger partial charge in [-0.1, -0.05) is 71.1 Å². The molecule has 3 heteroatoms. The first kappa shape index (κ1) is 20.2. The molecule has 0 amide bonds. The van der Waals surface area contributed by atoms with Crippen LogP contribution in [0, 0.1) is 0 Å². The van der Waals surface area contributed by atoms with Crippen molar-refractivity contribution in [2.24, 2.45) is 0 Å². The topological polar surface area (TPSA) is 46.5 Å². The summed E-state index contributed by atoms with van der Waals surface area (Å²) >= 11 is 0. The minimum atomic E-state index is -0.831. The summed E-state index contributed by atoms with van der Waals surface area (Å²) in [6.07, 6.45) is 17.9. The Morgan fingerprint density at radius 1 is 1.04 bits per heavy atom. The van der Waals surface area contributed by atoms with Gasteiger partial charge < -0.3 is 9.84 Å². The monoisotopic (exact) mass is 324 g/mol. The summed E-state index contributed by atoms with van der Waals surface area (Å²) in [6.45, 7) is 3.91. The molecule has 3 nitrogen and oxygen atoms in total. The van der Waals surface area contributed by atoms with Gasteiger partial charge in [0.2, 0.25) is 0 Å². The summed E-state index contributed by atoms with van der Waals surface area (Å²) in [6, 6.07) is 0. The molecule has 23 heavy (non-hydrogen) atoms. The molecule has 1 heterocycles. The largest absolute Gasteiger partial charge is 0.478 e. The smallest absolute Gasteiger partial charge is 0.331 e. The first-order chi connectivity index (χ1) is 11.1. The summed E-state index contributed by atoms with van der Waals surface area (Å²) in [5, 5.41) is 9.13. The first-order valence-electron chi connectivity index (χ1n) is 9.70. The maximum Gasteiger partial charge on any atom is 0.331 e. The van der Waals surface area contributed by atoms with Crippen molar-refractivity contribution in [3.05, 3.63) is 11.6 Å². The molecule has 2 atom stereocenters. The fourth-order valence-electron chi connectivity index (χ4n) is 3.29. The van der Waals surface area contributed by atoms with E-state index in [1.54, 1.807) is 6.92 Å². The minimum absolute atomic E-state index is 0.0274. The fourth-order valence-corrected chi connectivity index (χ4v) is 3.29. The van der Waals surface area contributed by atoms with E-state index in [0.717, 1.165) is 25.7 Å². The SMILES string of the molecule is CCCCCCC1CCCCCCCCC(C=C(C)C(=O)O)O1. The maximum absolute atomic E-state index is 11.1. The van der Waals surface area contributed by atoms with Crippen LogP contribution in [-0.2, 0) is 9.53 Å². The third kappa shape index (κ3) is 9.80. The lowest BCUT2D eigenvalue weighted by molar-refractivity contribution is -0.132. The van der Waals surface area contributed by atoms with Gasteiger partial charge in [-0.25, -0.2) is 4.79 Å². The summed E-state index contributed by atoms with van der Waals surface area (Å²) < 4.78 is 6.34. The van der Waals surface area contributed by atoms with E-state index in [1.807, 2.05) is 6.08 Å². The molecule has 1 N–H and O–H groups in total. The van der Waals surface area contributed by atoms with Crippen LogP contribution in [0.1, 0.15) is 97.3 Å². The van der Waals surface area contributed by atoms with E-state index in [1.165, 1.54) is 57.8 Å². The van der Waals surface area contributed by atoms with E-state index >= 15 is 0 Å². The van der Waals surface area contributed by atoms with Crippen LogP contribution in [0.3, 0.4) is 0 Å². The lowest BCUT2D eigenvalue weighted by Crippen LogP contribution is -2.22. The lowest BCUT2D eigenvalue weighted by Gasteiger charge is -2.23. The molecule has 2 unspecified atom stereocenters. The van der Waals surface area contributed by atoms with E-state index in [-0.39, 0.29) is 6.10 Å². The molecule has 0 aliphatic carbocycles. The molecule has 0 spiro atoms. The van der Waals surface area contributed by atoms with Gasteiger partial charge in [-0.15, -0.1) is 0 Å². The number of carboxylic acid groups (broad SMARTS) is 1. The number of rotatable bonds is 7. The van der Waals surface area contributed by atoms with Crippen LogP contribution in [0.2, 0.25) is 0 Å².